The highest BCUT2D eigenvalue weighted by Gasteiger charge is 2.12. The highest BCUT2D eigenvalue weighted by Crippen LogP contribution is 2.27. The summed E-state index contributed by atoms with van der Waals surface area (Å²) >= 11 is 5.58. The van der Waals surface area contributed by atoms with E-state index in [1.807, 2.05) is 44.2 Å². The summed E-state index contributed by atoms with van der Waals surface area (Å²) < 4.78 is 0. The van der Waals surface area contributed by atoms with Gasteiger partial charge in [0, 0.05) is 11.9 Å². The van der Waals surface area contributed by atoms with Crippen molar-refractivity contribution in [1.82, 2.24) is 4.98 Å². The molecular weight excluding hydrogens is 234 g/mol. The van der Waals surface area contributed by atoms with Gasteiger partial charge in [-0.1, -0.05) is 24.3 Å². The van der Waals surface area contributed by atoms with Crippen molar-refractivity contribution >= 4 is 16.8 Å². The van der Waals surface area contributed by atoms with Crippen molar-refractivity contribution < 1.29 is 4.79 Å². The smallest absolute Gasteiger partial charge is 0.254 e. The fraction of sp³-hybridized carbons (Fsp3) is 0.143. The van der Waals surface area contributed by atoms with Crippen molar-refractivity contribution in [3.05, 3.63) is 53.3 Å². The molecule has 0 spiro atoms. The number of nitrogens with zero attached hydrogens (tertiary/aromatic N) is 1. The van der Waals surface area contributed by atoms with Crippen molar-refractivity contribution in [1.29, 1.82) is 0 Å². The normalized spacial score (nSPS) is 10.3. The summed E-state index contributed by atoms with van der Waals surface area (Å²) in [6, 6.07) is 9.79. The predicted octanol–water partition coefficient (Wildman–Crippen LogP) is 3.74. The van der Waals surface area contributed by atoms with Crippen LogP contribution in [0.25, 0.3) is 11.1 Å². The van der Waals surface area contributed by atoms with E-state index in [-0.39, 0.29) is 0 Å². The minimum atomic E-state index is -0.476. The van der Waals surface area contributed by atoms with Gasteiger partial charge in [-0.05, 0) is 48.2 Å². The molecule has 86 valence electrons. The van der Waals surface area contributed by atoms with E-state index in [2.05, 4.69) is 4.98 Å². The molecule has 17 heavy (non-hydrogen) atoms. The fourth-order valence-corrected chi connectivity index (χ4v) is 1.96. The maximum atomic E-state index is 11.4. The first kappa shape index (κ1) is 11.8. The Balaban J connectivity index is 2.70. The van der Waals surface area contributed by atoms with Crippen LogP contribution in [-0.4, -0.2) is 10.2 Å². The van der Waals surface area contributed by atoms with Crippen molar-refractivity contribution in [3.8, 4) is 11.1 Å². The van der Waals surface area contributed by atoms with E-state index in [0.29, 0.717) is 5.56 Å². The summed E-state index contributed by atoms with van der Waals surface area (Å²) in [5.41, 5.74) is 4.28. The standard InChI is InChI=1S/C14H12ClNO/c1-9-5-3-4-6-11(9)12-7-10(2)16-8-13(12)14(15)17/h3-8H,1-2H3. The number of hydrogen-bond donors (Lipinski definition) is 0. The van der Waals surface area contributed by atoms with Gasteiger partial charge in [-0.3, -0.25) is 9.78 Å². The van der Waals surface area contributed by atoms with Crippen LogP contribution in [0.15, 0.2) is 36.5 Å². The molecule has 0 aliphatic heterocycles. The fourth-order valence-electron chi connectivity index (χ4n) is 1.81. The van der Waals surface area contributed by atoms with Crippen molar-refractivity contribution in [3.63, 3.8) is 0 Å². The molecule has 0 radical (unpaired) electrons. The molecule has 0 atom stereocenters. The maximum Gasteiger partial charge on any atom is 0.254 e. The van der Waals surface area contributed by atoms with Crippen molar-refractivity contribution in [2.45, 2.75) is 13.8 Å². The van der Waals surface area contributed by atoms with Gasteiger partial charge in [-0.15, -0.1) is 0 Å². The number of halogens is 1. The van der Waals surface area contributed by atoms with E-state index in [0.717, 1.165) is 22.4 Å². The first-order valence-electron chi connectivity index (χ1n) is 5.32. The maximum absolute atomic E-state index is 11.4. The number of carbonyl (C=O) groups excluding carboxylic acids is 1. The lowest BCUT2D eigenvalue weighted by Gasteiger charge is -2.09. The Morgan fingerprint density at radius 3 is 2.53 bits per heavy atom. The van der Waals surface area contributed by atoms with E-state index in [4.69, 9.17) is 11.6 Å². The summed E-state index contributed by atoms with van der Waals surface area (Å²) in [4.78, 5) is 15.5. The molecular formula is C14H12ClNO. The molecule has 0 unspecified atom stereocenters. The number of benzene rings is 1. The second kappa shape index (κ2) is 4.68. The molecule has 3 heteroatoms. The van der Waals surface area contributed by atoms with Crippen LogP contribution in [0.1, 0.15) is 21.6 Å². The van der Waals surface area contributed by atoms with Gasteiger partial charge in [0.2, 0.25) is 0 Å². The Bertz CT molecular complexity index is 578. The molecule has 2 nitrogen and oxygen atoms in total. The average molecular weight is 246 g/mol. The van der Waals surface area contributed by atoms with Gasteiger partial charge in [-0.25, -0.2) is 0 Å². The van der Waals surface area contributed by atoms with E-state index < -0.39 is 5.24 Å². The summed E-state index contributed by atoms with van der Waals surface area (Å²) in [5, 5.41) is -0.476. The monoisotopic (exact) mass is 245 g/mol. The average Bonchev–Trinajstić information content (AvgIpc) is 2.29. The SMILES string of the molecule is Cc1cc(-c2ccccc2C)c(C(=O)Cl)cn1. The third-order valence-corrected chi connectivity index (χ3v) is 2.89. The lowest BCUT2D eigenvalue weighted by Crippen LogP contribution is -1.97. The molecule has 0 saturated carbocycles. The topological polar surface area (TPSA) is 30.0 Å². The van der Waals surface area contributed by atoms with Crippen LogP contribution in [0, 0.1) is 13.8 Å². The van der Waals surface area contributed by atoms with Gasteiger partial charge in [0.05, 0.1) is 5.56 Å². The van der Waals surface area contributed by atoms with E-state index in [1.165, 1.54) is 6.20 Å². The third kappa shape index (κ3) is 2.37. The van der Waals surface area contributed by atoms with Gasteiger partial charge in [0.1, 0.15) is 0 Å². The Morgan fingerprint density at radius 1 is 1.18 bits per heavy atom. The molecule has 1 aromatic heterocycles. The molecule has 0 bridgehead atoms. The Hall–Kier alpha value is -1.67. The highest BCUT2D eigenvalue weighted by molar-refractivity contribution is 6.68. The number of aryl methyl sites for hydroxylation is 2. The minimum Gasteiger partial charge on any atom is -0.276 e. The zero-order chi connectivity index (χ0) is 12.4. The van der Waals surface area contributed by atoms with Gasteiger partial charge in [0.25, 0.3) is 5.24 Å². The molecule has 0 aliphatic carbocycles. The van der Waals surface area contributed by atoms with Gasteiger partial charge in [-0.2, -0.15) is 0 Å². The number of aromatic nitrogens is 1. The zero-order valence-corrected chi connectivity index (χ0v) is 10.5. The third-order valence-electron chi connectivity index (χ3n) is 2.69. The summed E-state index contributed by atoms with van der Waals surface area (Å²) in [5.74, 6) is 0. The minimum absolute atomic E-state index is 0.451. The number of hydrogen-bond acceptors (Lipinski definition) is 2. The molecule has 0 amide bonds. The summed E-state index contributed by atoms with van der Waals surface area (Å²) in [7, 11) is 0. The predicted molar refractivity (Wildman–Crippen MR) is 69.3 cm³/mol. The largest absolute Gasteiger partial charge is 0.276 e. The van der Waals surface area contributed by atoms with Gasteiger partial charge >= 0.3 is 0 Å². The molecule has 0 N–H and O–H groups in total. The van der Waals surface area contributed by atoms with Gasteiger partial charge < -0.3 is 0 Å². The van der Waals surface area contributed by atoms with Crippen LogP contribution in [0.2, 0.25) is 0 Å². The van der Waals surface area contributed by atoms with Crippen LogP contribution < -0.4 is 0 Å². The summed E-state index contributed by atoms with van der Waals surface area (Å²) in [6.07, 6.45) is 1.53. The quantitative estimate of drug-likeness (QED) is 0.755. The van der Waals surface area contributed by atoms with E-state index >= 15 is 0 Å². The van der Waals surface area contributed by atoms with Crippen LogP contribution in [0.3, 0.4) is 0 Å². The Labute approximate surface area is 105 Å². The second-order valence-electron chi connectivity index (χ2n) is 3.96. The van der Waals surface area contributed by atoms with Crippen LogP contribution >= 0.6 is 11.6 Å². The number of rotatable bonds is 2. The molecule has 2 rings (SSSR count). The molecule has 0 saturated heterocycles. The summed E-state index contributed by atoms with van der Waals surface area (Å²) in [6.45, 7) is 3.90. The lowest BCUT2D eigenvalue weighted by molar-refractivity contribution is 0.108. The van der Waals surface area contributed by atoms with Crippen molar-refractivity contribution in [2.24, 2.45) is 0 Å². The highest BCUT2D eigenvalue weighted by atomic mass is 35.5. The van der Waals surface area contributed by atoms with Crippen LogP contribution in [0.4, 0.5) is 0 Å². The molecule has 1 aromatic carbocycles. The molecule has 1 heterocycles. The van der Waals surface area contributed by atoms with Crippen LogP contribution in [-0.2, 0) is 0 Å². The molecule has 0 aliphatic rings. The van der Waals surface area contributed by atoms with E-state index in [1.54, 1.807) is 0 Å². The zero-order valence-electron chi connectivity index (χ0n) is 9.70. The number of carbonyl (C=O) groups is 1. The Morgan fingerprint density at radius 2 is 1.88 bits per heavy atom. The Kier molecular flexibility index (Phi) is 3.25. The molecule has 2 aromatic rings. The number of pyridine rings is 1. The lowest BCUT2D eigenvalue weighted by atomic mass is 9.97. The molecule has 0 fully saturated rings. The van der Waals surface area contributed by atoms with Gasteiger partial charge in [0.15, 0.2) is 0 Å². The van der Waals surface area contributed by atoms with Crippen molar-refractivity contribution in [2.75, 3.05) is 0 Å². The second-order valence-corrected chi connectivity index (χ2v) is 4.30. The first-order chi connectivity index (χ1) is 8.09. The first-order valence-corrected chi connectivity index (χ1v) is 5.70. The van der Waals surface area contributed by atoms with Crippen LogP contribution in [0.5, 0.6) is 0 Å². The van der Waals surface area contributed by atoms with E-state index in [9.17, 15) is 4.79 Å².